The standard InChI is InChI=1S/C13H14N4O4/c1-2-14-10-7-9(3-4-11(10)17(20)21)8-16-13(19)6-5-12(18)15-16/h3-7,14H,2,8H2,1H3,(H,15,18). The summed E-state index contributed by atoms with van der Waals surface area (Å²) in [5, 5.41) is 16.2. The lowest BCUT2D eigenvalue weighted by Crippen LogP contribution is -2.28. The summed E-state index contributed by atoms with van der Waals surface area (Å²) >= 11 is 0. The maximum absolute atomic E-state index is 11.6. The number of nitro groups is 1. The van der Waals surface area contributed by atoms with Crippen LogP contribution in [0.15, 0.2) is 39.9 Å². The van der Waals surface area contributed by atoms with E-state index in [9.17, 15) is 19.7 Å². The van der Waals surface area contributed by atoms with E-state index in [-0.39, 0.29) is 23.4 Å². The number of rotatable bonds is 5. The molecule has 8 heteroatoms. The largest absolute Gasteiger partial charge is 0.380 e. The molecule has 2 aromatic rings. The summed E-state index contributed by atoms with van der Waals surface area (Å²) in [5.41, 5.74) is 0.280. The summed E-state index contributed by atoms with van der Waals surface area (Å²) < 4.78 is 1.15. The molecule has 0 fully saturated rings. The minimum absolute atomic E-state index is 0.0329. The van der Waals surface area contributed by atoms with Crippen LogP contribution in [0.25, 0.3) is 0 Å². The van der Waals surface area contributed by atoms with Gasteiger partial charge in [0, 0.05) is 24.7 Å². The Bertz CT molecular complexity index is 778. The molecule has 0 aliphatic heterocycles. The van der Waals surface area contributed by atoms with E-state index in [0.29, 0.717) is 17.8 Å². The van der Waals surface area contributed by atoms with Gasteiger partial charge in [-0.05, 0) is 18.6 Å². The van der Waals surface area contributed by atoms with Crippen LogP contribution in [0.4, 0.5) is 11.4 Å². The molecular formula is C13H14N4O4. The lowest BCUT2D eigenvalue weighted by Gasteiger charge is -2.09. The summed E-state index contributed by atoms with van der Waals surface area (Å²) in [6.07, 6.45) is 0. The molecule has 0 bridgehead atoms. The second-order valence-corrected chi connectivity index (χ2v) is 4.37. The normalized spacial score (nSPS) is 10.3. The van der Waals surface area contributed by atoms with E-state index in [0.717, 1.165) is 10.7 Å². The van der Waals surface area contributed by atoms with Gasteiger partial charge in [0.2, 0.25) is 0 Å². The van der Waals surface area contributed by atoms with Gasteiger partial charge >= 0.3 is 0 Å². The third-order valence-electron chi connectivity index (χ3n) is 2.85. The number of H-pyrrole nitrogens is 1. The fraction of sp³-hybridized carbons (Fsp3) is 0.231. The van der Waals surface area contributed by atoms with Gasteiger partial charge in [-0.2, -0.15) is 0 Å². The Morgan fingerprint density at radius 3 is 2.71 bits per heavy atom. The molecule has 1 heterocycles. The number of aromatic nitrogens is 2. The van der Waals surface area contributed by atoms with E-state index in [4.69, 9.17) is 0 Å². The van der Waals surface area contributed by atoms with Gasteiger partial charge in [0.15, 0.2) is 0 Å². The highest BCUT2D eigenvalue weighted by molar-refractivity contribution is 5.62. The first-order chi connectivity index (χ1) is 10.0. The summed E-state index contributed by atoms with van der Waals surface area (Å²) in [5.74, 6) is 0. The molecule has 2 N–H and O–H groups in total. The van der Waals surface area contributed by atoms with Gasteiger partial charge in [0.1, 0.15) is 5.69 Å². The molecule has 1 aromatic heterocycles. The average Bonchev–Trinajstić information content (AvgIpc) is 2.43. The van der Waals surface area contributed by atoms with Gasteiger partial charge < -0.3 is 5.32 Å². The highest BCUT2D eigenvalue weighted by Gasteiger charge is 2.13. The monoisotopic (exact) mass is 290 g/mol. The number of benzene rings is 1. The van der Waals surface area contributed by atoms with Gasteiger partial charge in [0.05, 0.1) is 11.5 Å². The fourth-order valence-electron chi connectivity index (χ4n) is 1.94. The third-order valence-corrected chi connectivity index (χ3v) is 2.85. The van der Waals surface area contributed by atoms with Gasteiger partial charge in [-0.1, -0.05) is 6.07 Å². The average molecular weight is 290 g/mol. The Morgan fingerprint density at radius 2 is 2.05 bits per heavy atom. The second kappa shape index (κ2) is 6.04. The van der Waals surface area contributed by atoms with Crippen LogP contribution in [-0.2, 0) is 6.54 Å². The zero-order valence-electron chi connectivity index (χ0n) is 11.3. The van der Waals surface area contributed by atoms with E-state index in [2.05, 4.69) is 10.4 Å². The number of hydrogen-bond donors (Lipinski definition) is 2. The molecule has 0 saturated carbocycles. The van der Waals surface area contributed by atoms with Crippen molar-refractivity contribution in [1.82, 2.24) is 9.78 Å². The number of anilines is 1. The van der Waals surface area contributed by atoms with E-state index in [1.165, 1.54) is 12.1 Å². The van der Waals surface area contributed by atoms with Gasteiger partial charge in [-0.25, -0.2) is 4.68 Å². The highest BCUT2D eigenvalue weighted by Crippen LogP contribution is 2.25. The predicted octanol–water partition coefficient (Wildman–Crippen LogP) is 0.925. The predicted molar refractivity (Wildman–Crippen MR) is 77.7 cm³/mol. The Hall–Kier alpha value is -2.90. The van der Waals surface area contributed by atoms with Crippen molar-refractivity contribution in [2.24, 2.45) is 0 Å². The van der Waals surface area contributed by atoms with Crippen molar-refractivity contribution >= 4 is 11.4 Å². The first-order valence-corrected chi connectivity index (χ1v) is 6.32. The Balaban J connectivity index is 2.39. The van der Waals surface area contributed by atoms with E-state index < -0.39 is 4.92 Å². The lowest BCUT2D eigenvalue weighted by molar-refractivity contribution is -0.384. The van der Waals surface area contributed by atoms with Gasteiger partial charge in [-0.3, -0.25) is 24.8 Å². The third kappa shape index (κ3) is 3.35. The van der Waals surface area contributed by atoms with Crippen LogP contribution in [0.5, 0.6) is 0 Å². The number of nitro benzene ring substituents is 1. The van der Waals surface area contributed by atoms with Crippen LogP contribution in [0.1, 0.15) is 12.5 Å². The number of aromatic amines is 1. The molecule has 8 nitrogen and oxygen atoms in total. The summed E-state index contributed by atoms with van der Waals surface area (Å²) in [4.78, 5) is 33.3. The summed E-state index contributed by atoms with van der Waals surface area (Å²) in [7, 11) is 0. The minimum Gasteiger partial charge on any atom is -0.380 e. The fourth-order valence-corrected chi connectivity index (χ4v) is 1.94. The first-order valence-electron chi connectivity index (χ1n) is 6.32. The molecule has 0 amide bonds. The number of nitrogens with zero attached hydrogens (tertiary/aromatic N) is 2. The molecule has 0 unspecified atom stereocenters. The molecule has 0 aliphatic rings. The van der Waals surface area contributed by atoms with Crippen molar-refractivity contribution in [3.8, 4) is 0 Å². The lowest BCUT2D eigenvalue weighted by atomic mass is 10.1. The van der Waals surface area contributed by atoms with Crippen LogP contribution in [0.3, 0.4) is 0 Å². The molecule has 0 spiro atoms. The molecule has 21 heavy (non-hydrogen) atoms. The molecular weight excluding hydrogens is 276 g/mol. The van der Waals surface area contributed by atoms with Crippen molar-refractivity contribution in [2.75, 3.05) is 11.9 Å². The van der Waals surface area contributed by atoms with Gasteiger partial charge in [0.25, 0.3) is 16.8 Å². The molecule has 1 aromatic carbocycles. The van der Waals surface area contributed by atoms with Crippen LogP contribution in [-0.4, -0.2) is 21.2 Å². The van der Waals surface area contributed by atoms with Crippen molar-refractivity contribution < 1.29 is 4.92 Å². The van der Waals surface area contributed by atoms with Crippen molar-refractivity contribution in [3.05, 3.63) is 66.7 Å². The molecule has 0 aliphatic carbocycles. The SMILES string of the molecule is CCNc1cc(Cn2[nH]c(=O)ccc2=O)ccc1[N+](=O)[O-]. The Morgan fingerprint density at radius 1 is 1.29 bits per heavy atom. The first kappa shape index (κ1) is 14.5. The second-order valence-electron chi connectivity index (χ2n) is 4.37. The number of hydrogen-bond acceptors (Lipinski definition) is 5. The zero-order valence-corrected chi connectivity index (χ0v) is 11.3. The topological polar surface area (TPSA) is 110 Å². The van der Waals surface area contributed by atoms with E-state index in [1.54, 1.807) is 12.1 Å². The minimum atomic E-state index is -0.474. The van der Waals surface area contributed by atoms with Crippen molar-refractivity contribution in [3.63, 3.8) is 0 Å². The smallest absolute Gasteiger partial charge is 0.292 e. The molecule has 2 rings (SSSR count). The summed E-state index contributed by atoms with van der Waals surface area (Å²) in [6.45, 7) is 2.49. The zero-order chi connectivity index (χ0) is 15.4. The van der Waals surface area contributed by atoms with Crippen LogP contribution in [0, 0.1) is 10.1 Å². The quantitative estimate of drug-likeness (QED) is 0.628. The van der Waals surface area contributed by atoms with Crippen molar-refractivity contribution in [1.29, 1.82) is 0 Å². The summed E-state index contributed by atoms with van der Waals surface area (Å²) in [6, 6.07) is 6.85. The highest BCUT2D eigenvalue weighted by atomic mass is 16.6. The van der Waals surface area contributed by atoms with Crippen LogP contribution >= 0.6 is 0 Å². The molecule has 0 saturated heterocycles. The van der Waals surface area contributed by atoms with E-state index in [1.807, 2.05) is 6.92 Å². The maximum atomic E-state index is 11.6. The maximum Gasteiger partial charge on any atom is 0.292 e. The molecule has 0 radical (unpaired) electrons. The Kier molecular flexibility index (Phi) is 4.17. The molecule has 110 valence electrons. The van der Waals surface area contributed by atoms with E-state index >= 15 is 0 Å². The van der Waals surface area contributed by atoms with Gasteiger partial charge in [-0.15, -0.1) is 0 Å². The molecule has 0 atom stereocenters. The number of nitrogens with one attached hydrogen (secondary N) is 2. The van der Waals surface area contributed by atoms with Crippen LogP contribution < -0.4 is 16.4 Å². The Labute approximate surface area is 119 Å². The van der Waals surface area contributed by atoms with Crippen LogP contribution in [0.2, 0.25) is 0 Å². The van der Waals surface area contributed by atoms with Crippen molar-refractivity contribution in [2.45, 2.75) is 13.5 Å².